The van der Waals surface area contributed by atoms with Crippen LogP contribution in [0.3, 0.4) is 0 Å². The van der Waals surface area contributed by atoms with E-state index >= 15 is 0 Å². The monoisotopic (exact) mass is 303 g/mol. The molecule has 0 bridgehead atoms. The van der Waals surface area contributed by atoms with Crippen LogP contribution in [0.4, 0.5) is 4.79 Å². The number of carbonyl (C=O) groups excluding carboxylic acids is 1. The summed E-state index contributed by atoms with van der Waals surface area (Å²) in [6, 6.07) is 10.8. The summed E-state index contributed by atoms with van der Waals surface area (Å²) in [5.74, 6) is -1.17. The van der Waals surface area contributed by atoms with Crippen LogP contribution in [0.2, 0.25) is 0 Å². The Balaban J connectivity index is 1.95. The minimum atomic E-state index is -1.51. The number of hydrogen-bond acceptors (Lipinski definition) is 4. The normalized spacial score (nSPS) is 13.1. The number of ether oxygens (including phenoxy) is 1. The zero-order chi connectivity index (χ0) is 16.0. The Morgan fingerprint density at radius 1 is 1.32 bits per heavy atom. The van der Waals surface area contributed by atoms with E-state index in [1.807, 2.05) is 30.3 Å². The predicted octanol–water partition coefficient (Wildman–Crippen LogP) is 1.65. The molecular weight excluding hydrogens is 286 g/mol. The molecule has 1 aromatic heterocycles. The Morgan fingerprint density at radius 2 is 2.05 bits per heavy atom. The molecule has 0 spiro atoms. The lowest BCUT2D eigenvalue weighted by Crippen LogP contribution is -2.55. The minimum absolute atomic E-state index is 0.00420. The molecule has 0 aliphatic carbocycles. The van der Waals surface area contributed by atoms with Gasteiger partial charge in [0.25, 0.3) is 0 Å². The van der Waals surface area contributed by atoms with E-state index in [4.69, 9.17) is 4.74 Å². The fourth-order valence-corrected chi connectivity index (χ4v) is 1.86. The smallest absolute Gasteiger partial charge is 0.408 e. The number of hydrogen-bond donors (Lipinski definition) is 2. The first kappa shape index (κ1) is 15.6. The van der Waals surface area contributed by atoms with E-state index in [1.165, 1.54) is 17.8 Å². The first-order valence-corrected chi connectivity index (χ1v) is 6.69. The molecule has 1 atom stereocenters. The largest absolute Gasteiger partial charge is 0.479 e. The summed E-state index contributed by atoms with van der Waals surface area (Å²) in [5.41, 5.74) is -0.693. The average Bonchev–Trinajstić information content (AvgIpc) is 2.98. The molecule has 1 amide bonds. The number of nitrogens with one attached hydrogen (secondary N) is 1. The summed E-state index contributed by atoms with van der Waals surface area (Å²) in [7, 11) is 0. The number of nitrogens with zero attached hydrogens (tertiary/aromatic N) is 2. The molecular formula is C15H17N3O4. The van der Waals surface area contributed by atoms with Crippen LogP contribution >= 0.6 is 0 Å². The van der Waals surface area contributed by atoms with Crippen LogP contribution < -0.4 is 5.32 Å². The molecule has 2 aromatic rings. The van der Waals surface area contributed by atoms with E-state index in [0.29, 0.717) is 0 Å². The van der Waals surface area contributed by atoms with Crippen molar-refractivity contribution >= 4 is 12.1 Å². The molecule has 1 aromatic carbocycles. The van der Waals surface area contributed by atoms with Gasteiger partial charge in [-0.2, -0.15) is 5.10 Å². The topological polar surface area (TPSA) is 93.5 Å². The van der Waals surface area contributed by atoms with Crippen molar-refractivity contribution in [2.24, 2.45) is 0 Å². The Hall–Kier alpha value is -2.83. The van der Waals surface area contributed by atoms with Gasteiger partial charge in [0, 0.05) is 12.4 Å². The lowest BCUT2D eigenvalue weighted by molar-refractivity contribution is -0.144. The minimum Gasteiger partial charge on any atom is -0.479 e. The van der Waals surface area contributed by atoms with Crippen LogP contribution in [0.5, 0.6) is 0 Å². The van der Waals surface area contributed by atoms with E-state index in [1.54, 1.807) is 12.3 Å². The highest BCUT2D eigenvalue weighted by atomic mass is 16.5. The molecule has 0 fully saturated rings. The van der Waals surface area contributed by atoms with Crippen molar-refractivity contribution in [3.8, 4) is 0 Å². The summed E-state index contributed by atoms with van der Waals surface area (Å²) >= 11 is 0. The van der Waals surface area contributed by atoms with Crippen LogP contribution in [-0.2, 0) is 22.7 Å². The van der Waals surface area contributed by atoms with Crippen molar-refractivity contribution in [3.63, 3.8) is 0 Å². The molecule has 0 saturated carbocycles. The third-order valence-corrected chi connectivity index (χ3v) is 3.10. The van der Waals surface area contributed by atoms with Gasteiger partial charge in [-0.05, 0) is 18.6 Å². The fraction of sp³-hybridized carbons (Fsp3) is 0.267. The van der Waals surface area contributed by atoms with E-state index in [2.05, 4.69) is 10.4 Å². The van der Waals surface area contributed by atoms with Gasteiger partial charge in [-0.1, -0.05) is 30.3 Å². The van der Waals surface area contributed by atoms with Crippen LogP contribution in [0.15, 0.2) is 48.8 Å². The second-order valence-electron chi connectivity index (χ2n) is 5.03. The Bertz CT molecular complexity index is 628. The molecule has 0 aliphatic heterocycles. The fourth-order valence-electron chi connectivity index (χ4n) is 1.86. The number of amides is 1. The summed E-state index contributed by atoms with van der Waals surface area (Å²) in [4.78, 5) is 23.3. The van der Waals surface area contributed by atoms with E-state index in [9.17, 15) is 14.7 Å². The van der Waals surface area contributed by atoms with Gasteiger partial charge in [0.2, 0.25) is 0 Å². The van der Waals surface area contributed by atoms with Gasteiger partial charge in [0.05, 0.1) is 6.54 Å². The number of rotatable bonds is 6. The average molecular weight is 303 g/mol. The highest BCUT2D eigenvalue weighted by molar-refractivity contribution is 5.83. The summed E-state index contributed by atoms with van der Waals surface area (Å²) in [6.45, 7) is 1.47. The van der Waals surface area contributed by atoms with E-state index < -0.39 is 17.6 Å². The standard InChI is InChI=1S/C15H17N3O4/c1-15(13(19)20,11-18-9-5-8-16-18)17-14(21)22-10-12-6-3-2-4-7-12/h2-9H,10-11H2,1H3,(H,17,21)(H,19,20). The van der Waals surface area contributed by atoms with Gasteiger partial charge in [-0.3, -0.25) is 4.68 Å². The van der Waals surface area contributed by atoms with Crippen LogP contribution in [0.25, 0.3) is 0 Å². The van der Waals surface area contributed by atoms with Crippen molar-refractivity contribution in [2.45, 2.75) is 25.6 Å². The molecule has 1 unspecified atom stereocenters. The molecule has 22 heavy (non-hydrogen) atoms. The number of carboxylic acids is 1. The quantitative estimate of drug-likeness (QED) is 0.846. The first-order chi connectivity index (χ1) is 10.5. The van der Waals surface area contributed by atoms with Gasteiger partial charge in [-0.15, -0.1) is 0 Å². The number of benzene rings is 1. The van der Waals surface area contributed by atoms with Gasteiger partial charge in [0.15, 0.2) is 5.54 Å². The molecule has 0 radical (unpaired) electrons. The summed E-state index contributed by atoms with van der Waals surface area (Å²) < 4.78 is 6.49. The Morgan fingerprint density at radius 3 is 2.64 bits per heavy atom. The Labute approximate surface area is 127 Å². The molecule has 2 rings (SSSR count). The van der Waals surface area contributed by atoms with E-state index in [-0.39, 0.29) is 13.2 Å². The highest BCUT2D eigenvalue weighted by Crippen LogP contribution is 2.09. The molecule has 1 heterocycles. The van der Waals surface area contributed by atoms with Crippen molar-refractivity contribution < 1.29 is 19.4 Å². The zero-order valence-electron chi connectivity index (χ0n) is 12.1. The number of alkyl carbamates (subject to hydrolysis) is 1. The SMILES string of the molecule is CC(Cn1cccn1)(NC(=O)OCc1ccccc1)C(=O)O. The van der Waals surface area contributed by atoms with Gasteiger partial charge < -0.3 is 15.2 Å². The second kappa shape index (κ2) is 6.75. The maximum Gasteiger partial charge on any atom is 0.408 e. The number of carboxylic acid groups (broad SMARTS) is 1. The summed E-state index contributed by atoms with van der Waals surface area (Å²) in [5, 5.41) is 15.7. The number of carbonyl (C=O) groups is 2. The lowest BCUT2D eigenvalue weighted by atomic mass is 10.0. The zero-order valence-corrected chi connectivity index (χ0v) is 12.1. The number of aliphatic carboxylic acids is 1. The first-order valence-electron chi connectivity index (χ1n) is 6.69. The number of aromatic nitrogens is 2. The van der Waals surface area contributed by atoms with Crippen LogP contribution in [0.1, 0.15) is 12.5 Å². The maximum atomic E-state index is 11.8. The third kappa shape index (κ3) is 4.08. The van der Waals surface area contributed by atoms with Gasteiger partial charge >= 0.3 is 12.1 Å². The van der Waals surface area contributed by atoms with Crippen molar-refractivity contribution in [1.29, 1.82) is 0 Å². The van der Waals surface area contributed by atoms with E-state index in [0.717, 1.165) is 5.56 Å². The lowest BCUT2D eigenvalue weighted by Gasteiger charge is -2.25. The molecule has 116 valence electrons. The molecule has 7 nitrogen and oxygen atoms in total. The van der Waals surface area contributed by atoms with Crippen molar-refractivity contribution in [2.75, 3.05) is 0 Å². The van der Waals surface area contributed by atoms with Crippen molar-refractivity contribution in [1.82, 2.24) is 15.1 Å². The molecule has 7 heteroatoms. The Kier molecular flexibility index (Phi) is 4.77. The van der Waals surface area contributed by atoms with Gasteiger partial charge in [0.1, 0.15) is 6.61 Å². The highest BCUT2D eigenvalue weighted by Gasteiger charge is 2.36. The second-order valence-corrected chi connectivity index (χ2v) is 5.03. The molecule has 0 aliphatic rings. The van der Waals surface area contributed by atoms with Crippen LogP contribution in [0, 0.1) is 0 Å². The summed E-state index contributed by atoms with van der Waals surface area (Å²) in [6.07, 6.45) is 2.37. The van der Waals surface area contributed by atoms with Gasteiger partial charge in [-0.25, -0.2) is 9.59 Å². The van der Waals surface area contributed by atoms with Crippen molar-refractivity contribution in [3.05, 3.63) is 54.4 Å². The molecule has 0 saturated heterocycles. The molecule has 2 N–H and O–H groups in total. The van der Waals surface area contributed by atoms with Crippen LogP contribution in [-0.4, -0.2) is 32.5 Å². The third-order valence-electron chi connectivity index (χ3n) is 3.10. The predicted molar refractivity (Wildman–Crippen MR) is 78.0 cm³/mol. The maximum absolute atomic E-state index is 11.8.